The normalized spacial score (nSPS) is 14.7. The predicted molar refractivity (Wildman–Crippen MR) is 86.1 cm³/mol. The minimum atomic E-state index is -0.763. The average Bonchev–Trinajstić information content (AvgIpc) is 2.53. The summed E-state index contributed by atoms with van der Waals surface area (Å²) in [4.78, 5) is 14.0. The van der Waals surface area contributed by atoms with Crippen molar-refractivity contribution in [3.8, 4) is 0 Å². The number of carbonyl (C=O) groups is 1. The smallest absolute Gasteiger partial charge is 0.244 e. The maximum Gasteiger partial charge on any atom is 0.244 e. The van der Waals surface area contributed by atoms with Crippen LogP contribution < -0.4 is 5.73 Å². The molecule has 1 atom stereocenters. The summed E-state index contributed by atoms with van der Waals surface area (Å²) in [5.41, 5.74) is 7.73. The molecule has 2 N–H and O–H groups in total. The van der Waals surface area contributed by atoms with E-state index in [0.717, 1.165) is 11.6 Å². The molecule has 0 bridgehead atoms. The predicted octanol–water partition coefficient (Wildman–Crippen LogP) is 2.97. The molecule has 0 aliphatic carbocycles. The number of hydrogen-bond acceptors (Lipinski definition) is 2. The summed E-state index contributed by atoms with van der Waals surface area (Å²) in [6, 6.07) is 10.5. The summed E-state index contributed by atoms with van der Waals surface area (Å²) < 4.78 is 27.1. The van der Waals surface area contributed by atoms with Gasteiger partial charge >= 0.3 is 0 Å². The van der Waals surface area contributed by atoms with Crippen molar-refractivity contribution in [1.29, 1.82) is 0 Å². The molecule has 2 aromatic carbocycles. The molecule has 122 valence electrons. The molecule has 6 heteroatoms. The van der Waals surface area contributed by atoms with Crippen LogP contribution in [0, 0.1) is 11.6 Å². The lowest BCUT2D eigenvalue weighted by molar-refractivity contribution is -0.133. The minimum Gasteiger partial charge on any atom is -0.336 e. The Morgan fingerprint density at radius 2 is 1.87 bits per heavy atom. The maximum absolute atomic E-state index is 13.7. The van der Waals surface area contributed by atoms with Gasteiger partial charge in [0.05, 0.1) is 0 Å². The van der Waals surface area contributed by atoms with Crippen molar-refractivity contribution in [1.82, 2.24) is 4.90 Å². The quantitative estimate of drug-likeness (QED) is 0.915. The number of benzene rings is 2. The van der Waals surface area contributed by atoms with Gasteiger partial charge in [0.1, 0.15) is 17.7 Å². The highest BCUT2D eigenvalue weighted by Crippen LogP contribution is 2.25. The maximum atomic E-state index is 13.7. The summed E-state index contributed by atoms with van der Waals surface area (Å²) >= 11 is 0. The van der Waals surface area contributed by atoms with Crippen LogP contribution in [0.3, 0.4) is 0 Å². The lowest BCUT2D eigenvalue weighted by Gasteiger charge is -2.31. The molecule has 3 nitrogen and oxygen atoms in total. The molecule has 0 spiro atoms. The Labute approximate surface area is 139 Å². The van der Waals surface area contributed by atoms with Crippen LogP contribution in [0.1, 0.15) is 22.7 Å². The van der Waals surface area contributed by atoms with Crippen molar-refractivity contribution < 1.29 is 13.6 Å². The van der Waals surface area contributed by atoms with Crippen LogP contribution in [0.2, 0.25) is 0 Å². The lowest BCUT2D eigenvalue weighted by Crippen LogP contribution is -2.41. The Hall–Kier alpha value is -1.98. The topological polar surface area (TPSA) is 46.3 Å². The SMILES string of the molecule is Cl.NC(C(=O)N1CCc2c(F)cc(F)cc2C1)c1ccccc1. The number of carbonyl (C=O) groups excluding carboxylic acids is 1. The Bertz CT molecular complexity index is 709. The fraction of sp³-hybridized carbons (Fsp3) is 0.235. The first-order valence-electron chi connectivity index (χ1n) is 7.12. The first kappa shape index (κ1) is 17.4. The Morgan fingerprint density at radius 1 is 1.17 bits per heavy atom. The van der Waals surface area contributed by atoms with E-state index >= 15 is 0 Å². The molecule has 2 aromatic rings. The van der Waals surface area contributed by atoms with Crippen LogP contribution in [0.5, 0.6) is 0 Å². The van der Waals surface area contributed by atoms with Gasteiger partial charge in [0, 0.05) is 19.2 Å². The monoisotopic (exact) mass is 338 g/mol. The molecule has 1 unspecified atom stereocenters. The van der Waals surface area contributed by atoms with E-state index in [0.29, 0.717) is 24.1 Å². The van der Waals surface area contributed by atoms with E-state index in [1.807, 2.05) is 18.2 Å². The largest absolute Gasteiger partial charge is 0.336 e. The zero-order valence-electron chi connectivity index (χ0n) is 12.3. The number of nitrogens with two attached hydrogens (primary N) is 1. The van der Waals surface area contributed by atoms with E-state index in [1.165, 1.54) is 6.07 Å². The summed E-state index contributed by atoms with van der Waals surface area (Å²) in [5, 5.41) is 0. The number of rotatable bonds is 2. The van der Waals surface area contributed by atoms with Gasteiger partial charge in [-0.1, -0.05) is 30.3 Å². The number of hydrogen-bond donors (Lipinski definition) is 1. The van der Waals surface area contributed by atoms with Crippen molar-refractivity contribution in [3.05, 3.63) is 70.8 Å². The van der Waals surface area contributed by atoms with Gasteiger partial charge in [0.2, 0.25) is 5.91 Å². The van der Waals surface area contributed by atoms with E-state index < -0.39 is 17.7 Å². The van der Waals surface area contributed by atoms with Crippen LogP contribution >= 0.6 is 12.4 Å². The number of halogens is 3. The molecule has 23 heavy (non-hydrogen) atoms. The van der Waals surface area contributed by atoms with Gasteiger partial charge < -0.3 is 10.6 Å². The summed E-state index contributed by atoms with van der Waals surface area (Å²) in [6.07, 6.45) is 0.370. The van der Waals surface area contributed by atoms with Crippen molar-refractivity contribution in [3.63, 3.8) is 0 Å². The molecule has 0 saturated carbocycles. The second-order valence-corrected chi connectivity index (χ2v) is 5.42. The van der Waals surface area contributed by atoms with Gasteiger partial charge in [-0.25, -0.2) is 8.78 Å². The summed E-state index contributed by atoms with van der Waals surface area (Å²) in [5.74, 6) is -1.41. The second kappa shape index (κ2) is 7.06. The third-order valence-corrected chi connectivity index (χ3v) is 3.98. The minimum absolute atomic E-state index is 0. The Kier molecular flexibility index (Phi) is 5.34. The molecule has 1 heterocycles. The lowest BCUT2D eigenvalue weighted by atomic mass is 9.97. The Balaban J connectivity index is 0.00000192. The molecule has 0 saturated heterocycles. The molecule has 0 aromatic heterocycles. The first-order chi connectivity index (χ1) is 10.6. The highest BCUT2D eigenvalue weighted by Gasteiger charge is 2.27. The van der Waals surface area contributed by atoms with Crippen LogP contribution in [-0.4, -0.2) is 17.4 Å². The van der Waals surface area contributed by atoms with Crippen molar-refractivity contribution in [2.45, 2.75) is 19.0 Å². The fourth-order valence-corrected chi connectivity index (χ4v) is 2.80. The van der Waals surface area contributed by atoms with E-state index in [9.17, 15) is 13.6 Å². The molecule has 3 rings (SSSR count). The Morgan fingerprint density at radius 3 is 2.57 bits per heavy atom. The number of fused-ring (bicyclic) bond motifs is 1. The van der Waals surface area contributed by atoms with Crippen molar-refractivity contribution in [2.75, 3.05) is 6.54 Å². The van der Waals surface area contributed by atoms with Crippen molar-refractivity contribution in [2.24, 2.45) is 5.73 Å². The van der Waals surface area contributed by atoms with Gasteiger partial charge in [-0.3, -0.25) is 4.79 Å². The van der Waals surface area contributed by atoms with Gasteiger partial charge in [-0.15, -0.1) is 12.4 Å². The van der Waals surface area contributed by atoms with E-state index in [4.69, 9.17) is 5.73 Å². The highest BCUT2D eigenvalue weighted by atomic mass is 35.5. The van der Waals surface area contributed by atoms with E-state index in [2.05, 4.69) is 0 Å². The van der Waals surface area contributed by atoms with Crippen LogP contribution in [-0.2, 0) is 17.8 Å². The number of amides is 1. The van der Waals surface area contributed by atoms with Gasteiger partial charge in [-0.05, 0) is 29.2 Å². The first-order valence-corrected chi connectivity index (χ1v) is 7.12. The molecule has 0 radical (unpaired) electrons. The van der Waals surface area contributed by atoms with E-state index in [-0.39, 0.29) is 24.9 Å². The summed E-state index contributed by atoms with van der Waals surface area (Å²) in [7, 11) is 0. The zero-order chi connectivity index (χ0) is 15.7. The van der Waals surface area contributed by atoms with Crippen LogP contribution in [0.15, 0.2) is 42.5 Å². The van der Waals surface area contributed by atoms with Gasteiger partial charge in [-0.2, -0.15) is 0 Å². The second-order valence-electron chi connectivity index (χ2n) is 5.42. The van der Waals surface area contributed by atoms with Crippen LogP contribution in [0.4, 0.5) is 8.78 Å². The standard InChI is InChI=1S/C17H16F2N2O.ClH/c18-13-8-12-10-21(7-6-14(12)15(19)9-13)17(22)16(20)11-4-2-1-3-5-11;/h1-5,8-9,16H,6-7,10,20H2;1H. The third-order valence-electron chi connectivity index (χ3n) is 3.98. The number of nitrogens with zero attached hydrogens (tertiary/aromatic N) is 1. The molecule has 1 aliphatic heterocycles. The molecule has 1 aliphatic rings. The van der Waals surface area contributed by atoms with Crippen molar-refractivity contribution >= 4 is 18.3 Å². The van der Waals surface area contributed by atoms with Gasteiger partial charge in [0.15, 0.2) is 0 Å². The molecule has 0 fully saturated rings. The summed E-state index contributed by atoms with van der Waals surface area (Å²) in [6.45, 7) is 0.568. The highest BCUT2D eigenvalue weighted by molar-refractivity contribution is 5.85. The fourth-order valence-electron chi connectivity index (χ4n) is 2.80. The molecular formula is C17H17ClF2N2O. The molecule has 1 amide bonds. The van der Waals surface area contributed by atoms with Crippen LogP contribution in [0.25, 0.3) is 0 Å². The van der Waals surface area contributed by atoms with Gasteiger partial charge in [0.25, 0.3) is 0 Å². The average molecular weight is 339 g/mol. The molecular weight excluding hydrogens is 322 g/mol. The third kappa shape index (κ3) is 3.51. The zero-order valence-corrected chi connectivity index (χ0v) is 13.2. The van der Waals surface area contributed by atoms with E-state index in [1.54, 1.807) is 17.0 Å².